The molecule has 2 aromatic rings. The van der Waals surface area contributed by atoms with Gasteiger partial charge in [-0.05, 0) is 38.3 Å². The molecule has 0 bridgehead atoms. The largest absolute Gasteiger partial charge is 0.476 e. The van der Waals surface area contributed by atoms with Gasteiger partial charge in [-0.1, -0.05) is 17.7 Å². The number of carboxylic acids is 1. The predicted molar refractivity (Wildman–Crippen MR) is 79.1 cm³/mol. The molecule has 0 radical (unpaired) electrons. The lowest BCUT2D eigenvalue weighted by Crippen LogP contribution is -2.31. The van der Waals surface area contributed by atoms with E-state index in [4.69, 9.17) is 0 Å². The molecule has 1 aromatic carbocycles. The van der Waals surface area contributed by atoms with Crippen molar-refractivity contribution < 1.29 is 9.90 Å². The van der Waals surface area contributed by atoms with E-state index in [1.165, 1.54) is 11.2 Å². The fraction of sp³-hybridized carbons (Fsp3) is 0.400. The zero-order valence-corrected chi connectivity index (χ0v) is 12.0. The van der Waals surface area contributed by atoms with Crippen molar-refractivity contribution in [2.45, 2.75) is 26.2 Å². The molecule has 1 aliphatic rings. The van der Waals surface area contributed by atoms with Gasteiger partial charge >= 0.3 is 5.97 Å². The molecule has 1 aliphatic heterocycles. The van der Waals surface area contributed by atoms with Crippen LogP contribution in [0.1, 0.15) is 35.3 Å². The Morgan fingerprint density at radius 3 is 2.38 bits per heavy atom. The van der Waals surface area contributed by atoms with Crippen LogP contribution in [0.5, 0.6) is 0 Å². The number of anilines is 1. The summed E-state index contributed by atoms with van der Waals surface area (Å²) in [6.07, 6.45) is 3.32. The van der Waals surface area contributed by atoms with E-state index in [-0.39, 0.29) is 5.69 Å². The van der Waals surface area contributed by atoms with Crippen LogP contribution in [0.15, 0.2) is 24.3 Å². The second kappa shape index (κ2) is 5.55. The molecule has 0 aliphatic carbocycles. The van der Waals surface area contributed by atoms with Gasteiger partial charge in [-0.2, -0.15) is 0 Å². The first-order valence-electron chi connectivity index (χ1n) is 7.18. The van der Waals surface area contributed by atoms with E-state index in [1.54, 1.807) is 0 Å². The van der Waals surface area contributed by atoms with Crippen LogP contribution in [-0.2, 0) is 0 Å². The van der Waals surface area contributed by atoms with Gasteiger partial charge in [-0.25, -0.2) is 4.79 Å². The zero-order chi connectivity index (χ0) is 14.8. The number of aromatic nitrogens is 3. The number of hydrogen-bond acceptors (Lipinski definition) is 4. The van der Waals surface area contributed by atoms with E-state index in [9.17, 15) is 9.90 Å². The maximum absolute atomic E-state index is 11.4. The molecule has 0 unspecified atom stereocenters. The quantitative estimate of drug-likeness (QED) is 0.937. The van der Waals surface area contributed by atoms with Crippen molar-refractivity contribution in [3.05, 3.63) is 35.5 Å². The molecule has 110 valence electrons. The maximum atomic E-state index is 11.4. The molecule has 6 heteroatoms. The van der Waals surface area contributed by atoms with Gasteiger partial charge in [-0.15, -0.1) is 15.0 Å². The highest BCUT2D eigenvalue weighted by molar-refractivity contribution is 5.91. The molecule has 0 saturated carbocycles. The average Bonchev–Trinajstić information content (AvgIpc) is 2.94. The van der Waals surface area contributed by atoms with Crippen molar-refractivity contribution >= 4 is 11.8 Å². The summed E-state index contributed by atoms with van der Waals surface area (Å²) < 4.78 is 0. The van der Waals surface area contributed by atoms with Crippen LogP contribution >= 0.6 is 0 Å². The minimum Gasteiger partial charge on any atom is -0.476 e. The van der Waals surface area contributed by atoms with Crippen molar-refractivity contribution in [2.75, 3.05) is 18.0 Å². The summed E-state index contributed by atoms with van der Waals surface area (Å²) in [5.74, 6) is -0.559. The minimum absolute atomic E-state index is 0.0254. The number of aromatic carboxylic acids is 1. The summed E-state index contributed by atoms with van der Waals surface area (Å²) in [7, 11) is 0. The third-order valence-corrected chi connectivity index (χ3v) is 3.72. The summed E-state index contributed by atoms with van der Waals surface area (Å²) in [5, 5.41) is 17.9. The van der Waals surface area contributed by atoms with E-state index in [0.29, 0.717) is 5.82 Å². The minimum atomic E-state index is -1.03. The molecule has 6 nitrogen and oxygen atoms in total. The summed E-state index contributed by atoms with van der Waals surface area (Å²) in [5.41, 5.74) is 1.93. The highest BCUT2D eigenvalue weighted by Crippen LogP contribution is 2.22. The normalized spacial score (nSPS) is 15.2. The van der Waals surface area contributed by atoms with Gasteiger partial charge in [0.05, 0.1) is 5.69 Å². The molecule has 0 spiro atoms. The number of piperidine rings is 1. The lowest BCUT2D eigenvalue weighted by atomic mass is 10.1. The Hall–Kier alpha value is -2.37. The van der Waals surface area contributed by atoms with Crippen LogP contribution in [0.4, 0.5) is 5.82 Å². The molecular formula is C15H18N4O2. The molecule has 1 N–H and O–H groups in total. The SMILES string of the molecule is Cc1ccc(-n2nc(C(=O)O)c(N3CCCCC3)n2)cc1. The molecule has 1 aromatic heterocycles. The lowest BCUT2D eigenvalue weighted by molar-refractivity contribution is 0.0690. The number of rotatable bonds is 3. The van der Waals surface area contributed by atoms with Crippen molar-refractivity contribution in [3.8, 4) is 5.69 Å². The standard InChI is InChI=1S/C15H18N4O2/c1-11-5-7-12(8-6-11)19-16-13(15(20)21)14(17-19)18-9-3-2-4-10-18/h5-8H,2-4,9-10H2,1H3,(H,20,21). The van der Waals surface area contributed by atoms with Gasteiger partial charge in [0.15, 0.2) is 5.82 Å². The van der Waals surface area contributed by atoms with E-state index in [2.05, 4.69) is 10.2 Å². The number of carboxylic acid groups (broad SMARTS) is 1. The summed E-state index contributed by atoms with van der Waals surface area (Å²) in [4.78, 5) is 14.8. The van der Waals surface area contributed by atoms with Crippen molar-refractivity contribution in [1.29, 1.82) is 0 Å². The van der Waals surface area contributed by atoms with Gasteiger partial charge < -0.3 is 10.0 Å². The molecule has 1 fully saturated rings. The van der Waals surface area contributed by atoms with Gasteiger partial charge in [0.1, 0.15) is 0 Å². The Labute approximate surface area is 123 Å². The first kappa shape index (κ1) is 13.6. The molecule has 3 rings (SSSR count). The fourth-order valence-corrected chi connectivity index (χ4v) is 2.55. The number of aryl methyl sites for hydroxylation is 1. The Morgan fingerprint density at radius 1 is 1.10 bits per heavy atom. The Morgan fingerprint density at radius 2 is 1.76 bits per heavy atom. The number of benzene rings is 1. The van der Waals surface area contributed by atoms with Gasteiger partial charge in [0.2, 0.25) is 5.69 Å². The first-order chi connectivity index (χ1) is 10.1. The third-order valence-electron chi connectivity index (χ3n) is 3.72. The van der Waals surface area contributed by atoms with Crippen LogP contribution in [0.2, 0.25) is 0 Å². The topological polar surface area (TPSA) is 71.2 Å². The van der Waals surface area contributed by atoms with Crippen molar-refractivity contribution in [2.24, 2.45) is 0 Å². The van der Waals surface area contributed by atoms with E-state index >= 15 is 0 Å². The van der Waals surface area contributed by atoms with Crippen LogP contribution in [-0.4, -0.2) is 39.2 Å². The van der Waals surface area contributed by atoms with Crippen LogP contribution < -0.4 is 4.90 Å². The Kier molecular flexibility index (Phi) is 3.60. The number of nitrogens with zero attached hydrogens (tertiary/aromatic N) is 4. The third kappa shape index (κ3) is 2.74. The summed E-state index contributed by atoms with van der Waals surface area (Å²) >= 11 is 0. The van der Waals surface area contributed by atoms with E-state index in [0.717, 1.165) is 37.2 Å². The molecule has 2 heterocycles. The highest BCUT2D eigenvalue weighted by Gasteiger charge is 2.24. The summed E-state index contributed by atoms with van der Waals surface area (Å²) in [6, 6.07) is 7.70. The number of hydrogen-bond donors (Lipinski definition) is 1. The van der Waals surface area contributed by atoms with Crippen molar-refractivity contribution in [1.82, 2.24) is 15.0 Å². The van der Waals surface area contributed by atoms with Crippen LogP contribution in [0.25, 0.3) is 5.69 Å². The average molecular weight is 286 g/mol. The molecule has 1 saturated heterocycles. The maximum Gasteiger partial charge on any atom is 0.360 e. The first-order valence-corrected chi connectivity index (χ1v) is 7.18. The van der Waals surface area contributed by atoms with E-state index < -0.39 is 5.97 Å². The monoisotopic (exact) mass is 286 g/mol. The molecule has 21 heavy (non-hydrogen) atoms. The van der Waals surface area contributed by atoms with Crippen LogP contribution in [0.3, 0.4) is 0 Å². The van der Waals surface area contributed by atoms with E-state index in [1.807, 2.05) is 36.1 Å². The molecular weight excluding hydrogens is 268 g/mol. The fourth-order valence-electron chi connectivity index (χ4n) is 2.55. The van der Waals surface area contributed by atoms with Gasteiger partial charge in [0, 0.05) is 13.1 Å². The van der Waals surface area contributed by atoms with Crippen molar-refractivity contribution in [3.63, 3.8) is 0 Å². The second-order valence-electron chi connectivity index (χ2n) is 5.35. The van der Waals surface area contributed by atoms with Crippen LogP contribution in [0, 0.1) is 6.92 Å². The van der Waals surface area contributed by atoms with Gasteiger partial charge in [0.25, 0.3) is 0 Å². The Balaban J connectivity index is 1.99. The smallest absolute Gasteiger partial charge is 0.360 e. The summed E-state index contributed by atoms with van der Waals surface area (Å²) in [6.45, 7) is 3.68. The Bertz CT molecular complexity index is 642. The lowest BCUT2D eigenvalue weighted by Gasteiger charge is -2.26. The predicted octanol–water partition coefficient (Wildman–Crippen LogP) is 2.26. The number of carbonyl (C=O) groups is 1. The molecule has 0 atom stereocenters. The highest BCUT2D eigenvalue weighted by atomic mass is 16.4. The molecule has 0 amide bonds. The van der Waals surface area contributed by atoms with Gasteiger partial charge in [-0.3, -0.25) is 0 Å². The second-order valence-corrected chi connectivity index (χ2v) is 5.35. The zero-order valence-electron chi connectivity index (χ0n) is 12.0.